The minimum Gasteiger partial charge on any atom is -0.376 e. The number of anilines is 2. The number of halogens is 5. The molecule has 5 aromatic rings. The topological polar surface area (TPSA) is 128 Å². The summed E-state index contributed by atoms with van der Waals surface area (Å²) < 4.78 is 43.3. The Bertz CT molecular complexity index is 2980. The normalized spacial score (nSPS) is 19.6. The number of carbonyl (C=O) groups excluding carboxylic acids is 4. The molecule has 0 saturated carbocycles. The van der Waals surface area contributed by atoms with E-state index >= 15 is 0 Å². The maximum absolute atomic E-state index is 14.4. The largest absolute Gasteiger partial charge is 0.430 e. The fourth-order valence-electron chi connectivity index (χ4n) is 12.6. The molecule has 5 fully saturated rings. The summed E-state index contributed by atoms with van der Waals surface area (Å²) in [6.45, 7) is 8.75. The predicted octanol–water partition coefficient (Wildman–Crippen LogP) is 11.4. The van der Waals surface area contributed by atoms with E-state index in [9.17, 15) is 42.6 Å². The molecule has 2 N–H and O–H groups in total. The Morgan fingerprint density at radius 3 is 1.46 bits per heavy atom. The van der Waals surface area contributed by atoms with Gasteiger partial charge in [-0.2, -0.15) is 13.2 Å². The van der Waals surface area contributed by atoms with Crippen LogP contribution in [0.1, 0.15) is 109 Å². The van der Waals surface area contributed by atoms with Gasteiger partial charge in [0.15, 0.2) is 5.60 Å². The summed E-state index contributed by atoms with van der Waals surface area (Å²) in [5.74, 6) is 0.515. The zero-order valence-corrected chi connectivity index (χ0v) is 47.7. The van der Waals surface area contributed by atoms with Crippen molar-refractivity contribution in [3.63, 3.8) is 0 Å². The molecule has 5 aliphatic heterocycles. The monoisotopic (exact) mass is 1140 g/mol. The number of hydrogen-bond acceptors (Lipinski definition) is 8. The second kappa shape index (κ2) is 25.1. The van der Waals surface area contributed by atoms with Crippen molar-refractivity contribution in [2.45, 2.75) is 94.9 Å². The average Bonchev–Trinajstić information content (AvgIpc) is 3.64. The molecule has 0 bridgehead atoms. The summed E-state index contributed by atoms with van der Waals surface area (Å²) >= 11 is 12.9. The molecule has 0 radical (unpaired) electrons. The first-order valence-corrected chi connectivity index (χ1v) is 29.2. The number of hydrogen-bond donors (Lipinski definition) is 2. The van der Waals surface area contributed by atoms with E-state index in [1.54, 1.807) is 51.4 Å². The maximum atomic E-state index is 14.4. The number of carbonyl (C=O) groups is 4. The lowest BCUT2D eigenvalue weighted by Crippen LogP contribution is -2.57. The third-order valence-corrected chi connectivity index (χ3v) is 18.3. The van der Waals surface area contributed by atoms with Crippen molar-refractivity contribution < 1.29 is 42.6 Å². The SMILES string of the molecule is CN(C)C(=O)c1ccc(N2CCC(CC3CCN(C(=O)C(O)(c4cccc5ccccc45)C(F)(F)F)CC3)CC2)cc1Cl.C[C@](O)(C(=O)N1CCC(CC2CCN(c3ccc(C(=O)N4CCC4)c(Cl)c3)CC2)CC1)c1ccccc1. The first-order chi connectivity index (χ1) is 38.2. The van der Waals surface area contributed by atoms with Gasteiger partial charge in [0, 0.05) is 96.5 Å². The molecule has 80 heavy (non-hydrogen) atoms. The molecular weight excluding hydrogens is 1060 g/mol. The van der Waals surface area contributed by atoms with Gasteiger partial charge in [0.1, 0.15) is 0 Å². The number of fused-ring (bicyclic) bond motifs is 1. The maximum Gasteiger partial charge on any atom is 0.430 e. The molecule has 5 heterocycles. The van der Waals surface area contributed by atoms with Gasteiger partial charge in [-0.3, -0.25) is 19.2 Å². The highest BCUT2D eigenvalue weighted by Crippen LogP contribution is 2.44. The highest BCUT2D eigenvalue weighted by molar-refractivity contribution is 6.34. The molecule has 5 aliphatic rings. The Morgan fingerprint density at radius 1 is 0.550 bits per heavy atom. The molecule has 5 saturated heterocycles. The lowest BCUT2D eigenvalue weighted by molar-refractivity contribution is -0.261. The fourth-order valence-corrected chi connectivity index (χ4v) is 13.1. The number of amides is 4. The van der Waals surface area contributed by atoms with E-state index in [0.717, 1.165) is 102 Å². The highest BCUT2D eigenvalue weighted by atomic mass is 35.5. The van der Waals surface area contributed by atoms with Crippen LogP contribution in [-0.2, 0) is 20.8 Å². The van der Waals surface area contributed by atoms with Gasteiger partial charge in [-0.25, -0.2) is 0 Å². The van der Waals surface area contributed by atoms with Crippen LogP contribution in [0.2, 0.25) is 10.0 Å². The van der Waals surface area contributed by atoms with E-state index in [1.807, 2.05) is 70.5 Å². The van der Waals surface area contributed by atoms with Crippen LogP contribution >= 0.6 is 23.2 Å². The van der Waals surface area contributed by atoms with Crippen LogP contribution in [0, 0.1) is 23.7 Å². The molecule has 0 spiro atoms. The van der Waals surface area contributed by atoms with Crippen molar-refractivity contribution in [3.8, 4) is 0 Å². The molecule has 428 valence electrons. The third-order valence-electron chi connectivity index (χ3n) is 17.7. The van der Waals surface area contributed by atoms with E-state index in [0.29, 0.717) is 81.7 Å². The number of likely N-dealkylation sites (tertiary alicyclic amines) is 3. The molecule has 12 nitrogen and oxygen atoms in total. The van der Waals surface area contributed by atoms with Gasteiger partial charge in [-0.05, 0) is 154 Å². The number of piperidine rings is 4. The Hall–Kier alpha value is -5.87. The number of benzene rings is 5. The van der Waals surface area contributed by atoms with Crippen molar-refractivity contribution in [1.82, 2.24) is 19.6 Å². The summed E-state index contributed by atoms with van der Waals surface area (Å²) in [7, 11) is 3.38. The van der Waals surface area contributed by atoms with E-state index < -0.39 is 28.8 Å². The van der Waals surface area contributed by atoms with E-state index in [4.69, 9.17) is 23.2 Å². The summed E-state index contributed by atoms with van der Waals surface area (Å²) in [5.41, 5.74) is -1.73. The lowest BCUT2D eigenvalue weighted by Gasteiger charge is -2.40. The molecule has 2 atom stereocenters. The Balaban J connectivity index is 0.000000196. The van der Waals surface area contributed by atoms with Gasteiger partial charge in [0.25, 0.3) is 29.2 Å². The van der Waals surface area contributed by atoms with Crippen LogP contribution in [0.25, 0.3) is 10.8 Å². The van der Waals surface area contributed by atoms with Crippen molar-refractivity contribution in [3.05, 3.63) is 141 Å². The Labute approximate surface area is 478 Å². The molecule has 0 aliphatic carbocycles. The van der Waals surface area contributed by atoms with Gasteiger partial charge in [0.2, 0.25) is 0 Å². The second-order valence-corrected chi connectivity index (χ2v) is 24.0. The minimum absolute atomic E-state index is 0.0398. The van der Waals surface area contributed by atoms with Crippen LogP contribution in [0.15, 0.2) is 109 Å². The summed E-state index contributed by atoms with van der Waals surface area (Å²) in [5, 5.41) is 23.8. The molecule has 4 amide bonds. The number of nitrogens with zero attached hydrogens (tertiary/aromatic N) is 6. The molecule has 17 heteroatoms. The highest BCUT2D eigenvalue weighted by Gasteiger charge is 2.62. The van der Waals surface area contributed by atoms with Gasteiger partial charge >= 0.3 is 6.18 Å². The predicted molar refractivity (Wildman–Crippen MR) is 309 cm³/mol. The second-order valence-electron chi connectivity index (χ2n) is 23.2. The van der Waals surface area contributed by atoms with E-state index in [2.05, 4.69) is 9.80 Å². The lowest BCUT2D eigenvalue weighted by atomic mass is 9.82. The van der Waals surface area contributed by atoms with Crippen LogP contribution in [-0.4, -0.2) is 139 Å². The quantitative estimate of drug-likeness (QED) is 0.126. The molecule has 0 aromatic heterocycles. The first-order valence-electron chi connectivity index (χ1n) is 28.5. The smallest absolute Gasteiger partial charge is 0.376 e. The van der Waals surface area contributed by atoms with E-state index in [1.165, 1.54) is 34.4 Å². The van der Waals surface area contributed by atoms with E-state index in [-0.39, 0.29) is 36.2 Å². The summed E-state index contributed by atoms with van der Waals surface area (Å²) in [6.07, 6.45) is 5.51. The fraction of sp³-hybridized carbons (Fsp3) is 0.492. The van der Waals surface area contributed by atoms with Crippen LogP contribution in [0.5, 0.6) is 0 Å². The van der Waals surface area contributed by atoms with Gasteiger partial charge in [-0.15, -0.1) is 0 Å². The molecule has 10 rings (SSSR count). The van der Waals surface area contributed by atoms with Crippen LogP contribution in [0.3, 0.4) is 0 Å². The van der Waals surface area contributed by atoms with Crippen molar-refractivity contribution >= 4 is 69.0 Å². The van der Waals surface area contributed by atoms with Crippen molar-refractivity contribution in [2.24, 2.45) is 23.7 Å². The Kier molecular flexibility index (Phi) is 18.4. The number of rotatable bonds is 12. The molecular formula is C63H75Cl2F3N6O6. The number of alkyl halides is 3. The zero-order valence-electron chi connectivity index (χ0n) is 46.2. The summed E-state index contributed by atoms with van der Waals surface area (Å²) in [4.78, 5) is 62.3. The minimum atomic E-state index is -5.18. The molecule has 5 aromatic carbocycles. The first kappa shape index (κ1) is 58.8. The van der Waals surface area contributed by atoms with Crippen molar-refractivity contribution in [1.29, 1.82) is 0 Å². The Morgan fingerprint density at radius 2 is 1.00 bits per heavy atom. The summed E-state index contributed by atoms with van der Waals surface area (Å²) in [6, 6.07) is 31.4. The molecule has 1 unspecified atom stereocenters. The van der Waals surface area contributed by atoms with Crippen molar-refractivity contribution in [2.75, 3.05) is 89.3 Å². The average molecular weight is 1140 g/mol. The van der Waals surface area contributed by atoms with Gasteiger partial charge in [0.05, 0.1) is 21.2 Å². The van der Waals surface area contributed by atoms with Crippen LogP contribution < -0.4 is 9.80 Å². The van der Waals surface area contributed by atoms with Gasteiger partial charge < -0.3 is 39.6 Å². The third kappa shape index (κ3) is 12.9. The van der Waals surface area contributed by atoms with Crippen LogP contribution in [0.4, 0.5) is 24.5 Å². The zero-order chi connectivity index (χ0) is 56.9. The number of aliphatic hydroxyl groups is 2. The van der Waals surface area contributed by atoms with Gasteiger partial charge in [-0.1, -0.05) is 96.0 Å². The standard InChI is InChI=1S/C33H37ClF3N3O3.C30H38ClN3O3/c1-38(2)30(41)27-11-10-25(21-29(27)34)39-16-12-22(13-17-39)20-23-14-18-40(19-15-23)31(42)32(43,33(35,36)37)28-9-5-7-24-6-3-4-8-26(24)28;1-30(37,24-6-3-2-4-7-24)29(36)34-18-12-23(13-19-34)20-22-10-16-32(17-11-22)25-8-9-26(27(31)21-25)28(35)33-14-5-15-33/h3-11,21-23,43H,12-20H2,1-2H3;2-4,6-9,21-23,37H,5,10-20H2,1H3/t;30-/m.1/s1.